The maximum atomic E-state index is 12.4. The van der Waals surface area contributed by atoms with Gasteiger partial charge in [0.1, 0.15) is 11.5 Å². The van der Waals surface area contributed by atoms with E-state index in [-0.39, 0.29) is 17.2 Å². The number of hydrogen-bond donors (Lipinski definition) is 2. The highest BCUT2D eigenvalue weighted by Crippen LogP contribution is 2.34. The molecule has 28 heavy (non-hydrogen) atoms. The largest absolute Gasteiger partial charge is 0.506 e. The molecule has 1 amide bonds. The van der Waals surface area contributed by atoms with Crippen LogP contribution in [0.3, 0.4) is 0 Å². The summed E-state index contributed by atoms with van der Waals surface area (Å²) >= 11 is 6.25. The van der Waals surface area contributed by atoms with Gasteiger partial charge in [0.2, 0.25) is 0 Å². The second kappa shape index (κ2) is 8.98. The smallest absolute Gasteiger partial charge is 0.255 e. The van der Waals surface area contributed by atoms with Crippen molar-refractivity contribution in [1.82, 2.24) is 5.32 Å². The van der Waals surface area contributed by atoms with Gasteiger partial charge in [0.25, 0.3) is 5.91 Å². The Kier molecular flexibility index (Phi) is 6.42. The van der Waals surface area contributed by atoms with Crippen LogP contribution in [-0.2, 0) is 0 Å². The van der Waals surface area contributed by atoms with E-state index in [1.807, 2.05) is 31.2 Å². The number of carbonyl (C=O) groups excluding carboxylic acids is 1. The molecule has 0 saturated carbocycles. The maximum absolute atomic E-state index is 12.4. The van der Waals surface area contributed by atoms with Gasteiger partial charge in [-0.3, -0.25) is 4.79 Å². The predicted molar refractivity (Wildman–Crippen MR) is 114 cm³/mol. The van der Waals surface area contributed by atoms with E-state index in [1.165, 1.54) is 11.6 Å². The van der Waals surface area contributed by atoms with E-state index >= 15 is 0 Å². The number of halogens is 1. The van der Waals surface area contributed by atoms with Crippen molar-refractivity contribution in [2.24, 2.45) is 0 Å². The number of carbonyl (C=O) groups is 1. The third-order valence-electron chi connectivity index (χ3n) is 4.65. The lowest BCUT2D eigenvalue weighted by Crippen LogP contribution is -2.25. The zero-order chi connectivity index (χ0) is 20.1. The van der Waals surface area contributed by atoms with Gasteiger partial charge in [-0.2, -0.15) is 0 Å². The minimum absolute atomic E-state index is 0.0457. The summed E-state index contributed by atoms with van der Waals surface area (Å²) in [5.74, 6) is 0.515. The molecule has 0 fully saturated rings. The van der Waals surface area contributed by atoms with Crippen molar-refractivity contribution >= 4 is 28.3 Å². The minimum Gasteiger partial charge on any atom is -0.506 e. The summed E-state index contributed by atoms with van der Waals surface area (Å²) in [7, 11) is 0. The fourth-order valence-electron chi connectivity index (χ4n) is 3.16. The Morgan fingerprint density at radius 1 is 1.07 bits per heavy atom. The van der Waals surface area contributed by atoms with Gasteiger partial charge in [0, 0.05) is 22.3 Å². The number of aromatic hydroxyl groups is 1. The highest BCUT2D eigenvalue weighted by atomic mass is 35.5. The molecule has 146 valence electrons. The van der Waals surface area contributed by atoms with Crippen LogP contribution in [0.4, 0.5) is 0 Å². The fraction of sp³-hybridized carbons (Fsp3) is 0.261. The van der Waals surface area contributed by atoms with Gasteiger partial charge in [0.15, 0.2) is 0 Å². The number of unbranched alkanes of at least 4 members (excludes halogenated alkanes) is 1. The van der Waals surface area contributed by atoms with E-state index in [4.69, 9.17) is 16.3 Å². The summed E-state index contributed by atoms with van der Waals surface area (Å²) in [6, 6.07) is 14.8. The lowest BCUT2D eigenvalue weighted by molar-refractivity contribution is 0.0950. The lowest BCUT2D eigenvalue weighted by Gasteiger charge is -2.11. The second-order valence-electron chi connectivity index (χ2n) is 6.88. The Morgan fingerprint density at radius 3 is 2.57 bits per heavy atom. The molecule has 0 aliphatic rings. The summed E-state index contributed by atoms with van der Waals surface area (Å²) in [5, 5.41) is 15.0. The van der Waals surface area contributed by atoms with E-state index in [1.54, 1.807) is 12.1 Å². The van der Waals surface area contributed by atoms with Crippen molar-refractivity contribution in [1.29, 1.82) is 0 Å². The monoisotopic (exact) mass is 397 g/mol. The van der Waals surface area contributed by atoms with Crippen LogP contribution in [0.15, 0.2) is 48.5 Å². The predicted octanol–water partition coefficient (Wildman–Crippen LogP) is 5.40. The summed E-state index contributed by atoms with van der Waals surface area (Å²) in [6.07, 6.45) is 1.59. The molecule has 4 nitrogen and oxygen atoms in total. The maximum Gasteiger partial charge on any atom is 0.255 e. The number of benzene rings is 3. The molecule has 0 aliphatic carbocycles. The van der Waals surface area contributed by atoms with Crippen LogP contribution in [0.25, 0.3) is 10.8 Å². The van der Waals surface area contributed by atoms with Crippen molar-refractivity contribution in [3.05, 3.63) is 70.2 Å². The second-order valence-corrected chi connectivity index (χ2v) is 7.29. The summed E-state index contributed by atoms with van der Waals surface area (Å²) in [6.45, 7) is 5.18. The number of fused-ring (bicyclic) bond motifs is 1. The van der Waals surface area contributed by atoms with Crippen molar-refractivity contribution in [2.45, 2.75) is 26.7 Å². The molecule has 0 atom stereocenters. The third kappa shape index (κ3) is 4.57. The van der Waals surface area contributed by atoms with Gasteiger partial charge in [-0.15, -0.1) is 0 Å². The van der Waals surface area contributed by atoms with Crippen molar-refractivity contribution in [3.8, 4) is 11.5 Å². The Balaban J connectivity index is 1.50. The zero-order valence-electron chi connectivity index (χ0n) is 16.1. The zero-order valence-corrected chi connectivity index (χ0v) is 16.8. The van der Waals surface area contributed by atoms with E-state index in [2.05, 4.69) is 18.3 Å². The molecular formula is C23H24ClNO3. The Labute approximate surface area is 170 Å². The quantitative estimate of drug-likeness (QED) is 0.524. The molecule has 0 aromatic heterocycles. The normalized spacial score (nSPS) is 10.8. The average Bonchev–Trinajstić information content (AvgIpc) is 2.68. The number of ether oxygens (including phenoxy) is 1. The Hall–Kier alpha value is -2.72. The van der Waals surface area contributed by atoms with Gasteiger partial charge >= 0.3 is 0 Å². The molecule has 3 aromatic rings. The first-order chi connectivity index (χ1) is 13.5. The highest BCUT2D eigenvalue weighted by molar-refractivity contribution is 6.36. The number of nitrogens with one attached hydrogen (secondary N) is 1. The van der Waals surface area contributed by atoms with E-state index in [0.717, 1.165) is 29.5 Å². The first-order valence-corrected chi connectivity index (χ1v) is 9.73. The molecule has 5 heteroatoms. The van der Waals surface area contributed by atoms with E-state index in [9.17, 15) is 9.90 Å². The molecule has 0 unspecified atom stereocenters. The van der Waals surface area contributed by atoms with Gasteiger partial charge < -0.3 is 15.2 Å². The molecular weight excluding hydrogens is 374 g/mol. The van der Waals surface area contributed by atoms with Crippen LogP contribution in [0.2, 0.25) is 5.02 Å². The van der Waals surface area contributed by atoms with Crippen LogP contribution < -0.4 is 10.1 Å². The molecule has 0 bridgehead atoms. The van der Waals surface area contributed by atoms with Crippen LogP contribution >= 0.6 is 11.6 Å². The summed E-state index contributed by atoms with van der Waals surface area (Å²) < 4.78 is 5.80. The van der Waals surface area contributed by atoms with Gasteiger partial charge in [-0.05, 0) is 44.4 Å². The number of amides is 1. The van der Waals surface area contributed by atoms with Crippen molar-refractivity contribution < 1.29 is 14.6 Å². The standard InChI is InChI=1S/C23H24ClNO3/c1-15-9-10-21(16(2)13-15)28-12-6-5-11-25-23(27)19-14-20(24)17-7-3-4-8-18(17)22(19)26/h3-4,7-10,13-14,26H,5-6,11-12H2,1-2H3,(H,25,27). The number of rotatable bonds is 7. The molecule has 2 N–H and O–H groups in total. The number of hydrogen-bond acceptors (Lipinski definition) is 3. The first kappa shape index (κ1) is 20.0. The molecule has 3 aromatic carbocycles. The van der Waals surface area contributed by atoms with Crippen LogP contribution in [0, 0.1) is 13.8 Å². The Morgan fingerprint density at radius 2 is 1.82 bits per heavy atom. The van der Waals surface area contributed by atoms with Gasteiger partial charge in [0.05, 0.1) is 12.2 Å². The molecule has 0 saturated heterocycles. The lowest BCUT2D eigenvalue weighted by atomic mass is 10.0. The Bertz CT molecular complexity index is 1000. The molecule has 3 rings (SSSR count). The minimum atomic E-state index is -0.333. The first-order valence-electron chi connectivity index (χ1n) is 9.36. The molecule has 0 spiro atoms. The SMILES string of the molecule is Cc1ccc(OCCCCNC(=O)c2cc(Cl)c3ccccc3c2O)c(C)c1. The van der Waals surface area contributed by atoms with Crippen LogP contribution in [-0.4, -0.2) is 24.2 Å². The van der Waals surface area contributed by atoms with E-state index in [0.29, 0.717) is 23.6 Å². The average molecular weight is 398 g/mol. The molecule has 0 heterocycles. The van der Waals surface area contributed by atoms with Gasteiger partial charge in [-0.25, -0.2) is 0 Å². The highest BCUT2D eigenvalue weighted by Gasteiger charge is 2.16. The number of phenolic OH excluding ortho intramolecular Hbond substituents is 1. The topological polar surface area (TPSA) is 58.6 Å². The van der Waals surface area contributed by atoms with Crippen LogP contribution in [0.5, 0.6) is 11.5 Å². The van der Waals surface area contributed by atoms with Crippen LogP contribution in [0.1, 0.15) is 34.3 Å². The van der Waals surface area contributed by atoms with Gasteiger partial charge in [-0.1, -0.05) is 53.6 Å². The van der Waals surface area contributed by atoms with Crippen molar-refractivity contribution in [2.75, 3.05) is 13.2 Å². The summed E-state index contributed by atoms with van der Waals surface area (Å²) in [4.78, 5) is 12.4. The fourth-order valence-corrected chi connectivity index (χ4v) is 3.43. The van der Waals surface area contributed by atoms with Crippen molar-refractivity contribution in [3.63, 3.8) is 0 Å². The molecule has 0 aliphatic heterocycles. The van der Waals surface area contributed by atoms with E-state index < -0.39 is 0 Å². The summed E-state index contributed by atoms with van der Waals surface area (Å²) in [5.41, 5.74) is 2.52. The number of aryl methyl sites for hydroxylation is 2. The third-order valence-corrected chi connectivity index (χ3v) is 4.97. The number of phenols is 1. The molecule has 0 radical (unpaired) electrons.